The summed E-state index contributed by atoms with van der Waals surface area (Å²) < 4.78 is 7.81. The lowest BCUT2D eigenvalue weighted by Gasteiger charge is -2.24. The highest BCUT2D eigenvalue weighted by Crippen LogP contribution is 2.31. The third kappa shape index (κ3) is 3.62. The predicted octanol–water partition coefficient (Wildman–Crippen LogP) is 5.06. The first-order valence-electron chi connectivity index (χ1n) is 8.73. The summed E-state index contributed by atoms with van der Waals surface area (Å²) >= 11 is 6.24. The van der Waals surface area contributed by atoms with Gasteiger partial charge < -0.3 is 10.5 Å². The van der Waals surface area contributed by atoms with Crippen molar-refractivity contribution >= 4 is 28.3 Å². The van der Waals surface area contributed by atoms with Gasteiger partial charge in [-0.2, -0.15) is 5.10 Å². The van der Waals surface area contributed by atoms with E-state index in [4.69, 9.17) is 22.1 Å². The van der Waals surface area contributed by atoms with Crippen molar-refractivity contribution in [1.29, 1.82) is 0 Å². The second kappa shape index (κ2) is 7.85. The molecule has 0 amide bonds. The molecule has 0 bridgehead atoms. The molecule has 1 aliphatic rings. The van der Waals surface area contributed by atoms with Crippen molar-refractivity contribution in [2.75, 3.05) is 12.3 Å². The summed E-state index contributed by atoms with van der Waals surface area (Å²) in [5, 5.41) is 5.96. The molecule has 1 atom stereocenters. The standard InChI is InChI=1S/C17H17ClN4O.C2H6/c18-13-10-16(19)21-14-9-11(4-5-12(13)14)15-6-7-20-22(15)17-3-1-2-8-23-17;1-2/h4-7,9-10,17H,1-3,8H2,(H2,19,21);1-2H3. The first kappa shape index (κ1) is 17.7. The van der Waals surface area contributed by atoms with Crippen molar-refractivity contribution in [2.45, 2.75) is 39.3 Å². The minimum atomic E-state index is 0.00170. The van der Waals surface area contributed by atoms with Gasteiger partial charge in [-0.25, -0.2) is 9.67 Å². The number of nitrogens with two attached hydrogens (primary N) is 1. The van der Waals surface area contributed by atoms with Crippen LogP contribution in [0.4, 0.5) is 5.82 Å². The second-order valence-corrected chi connectivity index (χ2v) is 6.15. The second-order valence-electron chi connectivity index (χ2n) is 5.74. The highest BCUT2D eigenvalue weighted by atomic mass is 35.5. The van der Waals surface area contributed by atoms with Crippen molar-refractivity contribution in [1.82, 2.24) is 14.8 Å². The third-order valence-electron chi connectivity index (χ3n) is 4.17. The third-order valence-corrected chi connectivity index (χ3v) is 4.49. The minimum absolute atomic E-state index is 0.00170. The van der Waals surface area contributed by atoms with Crippen LogP contribution in [0, 0.1) is 0 Å². The Balaban J connectivity index is 0.000000880. The van der Waals surface area contributed by atoms with Crippen molar-refractivity contribution in [3.05, 3.63) is 41.6 Å². The van der Waals surface area contributed by atoms with Gasteiger partial charge in [0.2, 0.25) is 0 Å². The van der Waals surface area contributed by atoms with Gasteiger partial charge >= 0.3 is 0 Å². The van der Waals surface area contributed by atoms with Crippen LogP contribution < -0.4 is 5.73 Å². The summed E-state index contributed by atoms with van der Waals surface area (Å²) in [6.45, 7) is 4.79. The number of nitrogen functional groups attached to an aromatic ring is 1. The molecule has 0 aliphatic carbocycles. The van der Waals surface area contributed by atoms with E-state index in [1.165, 1.54) is 0 Å². The molecule has 0 spiro atoms. The lowest BCUT2D eigenvalue weighted by atomic mass is 10.1. The summed E-state index contributed by atoms with van der Waals surface area (Å²) in [6, 6.07) is 9.66. The molecule has 5 nitrogen and oxygen atoms in total. The van der Waals surface area contributed by atoms with E-state index in [0.29, 0.717) is 10.8 Å². The Morgan fingerprint density at radius 3 is 2.80 bits per heavy atom. The van der Waals surface area contributed by atoms with E-state index >= 15 is 0 Å². The molecule has 1 saturated heterocycles. The van der Waals surface area contributed by atoms with Crippen molar-refractivity contribution < 1.29 is 4.74 Å². The molecule has 1 aliphatic heterocycles. The maximum Gasteiger partial charge on any atom is 0.150 e. The van der Waals surface area contributed by atoms with Crippen LogP contribution in [0.1, 0.15) is 39.3 Å². The number of hydrogen-bond donors (Lipinski definition) is 1. The van der Waals surface area contributed by atoms with E-state index in [1.807, 2.05) is 42.8 Å². The van der Waals surface area contributed by atoms with Gasteiger partial charge in [-0.3, -0.25) is 0 Å². The Hall–Kier alpha value is -2.11. The molecule has 2 aromatic heterocycles. The van der Waals surface area contributed by atoms with Gasteiger partial charge in [-0.15, -0.1) is 0 Å². The van der Waals surface area contributed by atoms with Gasteiger partial charge in [-0.1, -0.05) is 37.6 Å². The molecule has 25 heavy (non-hydrogen) atoms. The molecule has 0 radical (unpaired) electrons. The van der Waals surface area contributed by atoms with Crippen molar-refractivity contribution in [3.8, 4) is 11.3 Å². The fraction of sp³-hybridized carbons (Fsp3) is 0.368. The fourth-order valence-corrected chi connectivity index (χ4v) is 3.32. The van der Waals surface area contributed by atoms with E-state index in [2.05, 4.69) is 10.1 Å². The van der Waals surface area contributed by atoms with Crippen LogP contribution in [0.15, 0.2) is 36.5 Å². The summed E-state index contributed by atoms with van der Waals surface area (Å²) in [5.41, 5.74) is 8.63. The van der Waals surface area contributed by atoms with E-state index < -0.39 is 0 Å². The van der Waals surface area contributed by atoms with E-state index in [0.717, 1.165) is 48.0 Å². The van der Waals surface area contributed by atoms with Gasteiger partial charge in [0, 0.05) is 23.8 Å². The number of pyridine rings is 1. The number of rotatable bonds is 2. The number of aromatic nitrogens is 3. The maximum atomic E-state index is 6.24. The smallest absolute Gasteiger partial charge is 0.150 e. The highest BCUT2D eigenvalue weighted by Gasteiger charge is 2.19. The first-order chi connectivity index (χ1) is 12.2. The van der Waals surface area contributed by atoms with Gasteiger partial charge in [0.15, 0.2) is 6.23 Å². The van der Waals surface area contributed by atoms with Gasteiger partial charge in [-0.05, 0) is 37.5 Å². The Morgan fingerprint density at radius 1 is 1.20 bits per heavy atom. The Morgan fingerprint density at radius 2 is 2.04 bits per heavy atom. The predicted molar refractivity (Wildman–Crippen MR) is 103 cm³/mol. The Labute approximate surface area is 152 Å². The van der Waals surface area contributed by atoms with E-state index in [-0.39, 0.29) is 6.23 Å². The SMILES string of the molecule is CC.Nc1cc(Cl)c2ccc(-c3ccnn3C3CCCCO3)cc2n1. The van der Waals surface area contributed by atoms with Gasteiger partial charge in [0.25, 0.3) is 0 Å². The highest BCUT2D eigenvalue weighted by molar-refractivity contribution is 6.35. The average Bonchev–Trinajstić information content (AvgIpc) is 3.13. The number of anilines is 1. The number of hydrogen-bond acceptors (Lipinski definition) is 4. The van der Waals surface area contributed by atoms with Crippen LogP contribution in [-0.2, 0) is 4.74 Å². The van der Waals surface area contributed by atoms with Crippen LogP contribution in [-0.4, -0.2) is 21.4 Å². The lowest BCUT2D eigenvalue weighted by molar-refractivity contribution is -0.0383. The summed E-state index contributed by atoms with van der Waals surface area (Å²) in [4.78, 5) is 4.38. The minimum Gasteiger partial charge on any atom is -0.384 e. The quantitative estimate of drug-likeness (QED) is 0.695. The fourth-order valence-electron chi connectivity index (χ4n) is 3.05. The van der Waals surface area contributed by atoms with E-state index in [9.17, 15) is 0 Å². The molecule has 1 fully saturated rings. The Bertz CT molecular complexity index is 856. The zero-order chi connectivity index (χ0) is 17.8. The molecule has 132 valence electrons. The summed E-state index contributed by atoms with van der Waals surface area (Å²) in [6.07, 6.45) is 5.07. The van der Waals surface area contributed by atoms with Crippen LogP contribution in [0.25, 0.3) is 22.2 Å². The zero-order valence-electron chi connectivity index (χ0n) is 14.6. The molecule has 6 heteroatoms. The Kier molecular flexibility index (Phi) is 5.56. The van der Waals surface area contributed by atoms with Crippen molar-refractivity contribution in [2.24, 2.45) is 0 Å². The maximum absolute atomic E-state index is 6.24. The average molecular weight is 359 g/mol. The molecule has 3 aromatic rings. The number of ether oxygens (including phenoxy) is 1. The van der Waals surface area contributed by atoms with Crippen LogP contribution in [0.5, 0.6) is 0 Å². The molecule has 1 unspecified atom stereocenters. The van der Waals surface area contributed by atoms with Crippen LogP contribution in [0.3, 0.4) is 0 Å². The van der Waals surface area contributed by atoms with Crippen molar-refractivity contribution in [3.63, 3.8) is 0 Å². The molecule has 3 heterocycles. The zero-order valence-corrected chi connectivity index (χ0v) is 15.3. The number of benzene rings is 1. The summed E-state index contributed by atoms with van der Waals surface area (Å²) in [5.74, 6) is 0.420. The first-order valence-corrected chi connectivity index (χ1v) is 9.11. The lowest BCUT2D eigenvalue weighted by Crippen LogP contribution is -2.19. The topological polar surface area (TPSA) is 66.0 Å². The van der Waals surface area contributed by atoms with Gasteiger partial charge in [0.05, 0.1) is 16.2 Å². The molecular weight excluding hydrogens is 336 g/mol. The van der Waals surface area contributed by atoms with Gasteiger partial charge in [0.1, 0.15) is 5.82 Å². The number of nitrogens with zero attached hydrogens (tertiary/aromatic N) is 3. The molecule has 1 aromatic carbocycles. The molecule has 2 N–H and O–H groups in total. The monoisotopic (exact) mass is 358 g/mol. The normalized spacial score (nSPS) is 17.2. The van der Waals surface area contributed by atoms with Crippen LogP contribution in [0.2, 0.25) is 5.02 Å². The molecule has 4 rings (SSSR count). The van der Waals surface area contributed by atoms with E-state index in [1.54, 1.807) is 12.3 Å². The largest absolute Gasteiger partial charge is 0.384 e. The van der Waals surface area contributed by atoms with Crippen LogP contribution >= 0.6 is 11.6 Å². The number of fused-ring (bicyclic) bond motifs is 1. The molecule has 0 saturated carbocycles. The number of halogens is 1. The molecular formula is C19H23ClN4O. The summed E-state index contributed by atoms with van der Waals surface area (Å²) in [7, 11) is 0.